The summed E-state index contributed by atoms with van der Waals surface area (Å²) < 4.78 is 9.81. The van der Waals surface area contributed by atoms with Gasteiger partial charge in [-0.05, 0) is 84.5 Å². The number of methoxy groups -OCH3 is 2. The lowest BCUT2D eigenvalue weighted by atomic mass is 9.38. The van der Waals surface area contributed by atoms with Crippen LogP contribution in [-0.2, 0) is 28.7 Å². The van der Waals surface area contributed by atoms with Gasteiger partial charge in [0.1, 0.15) is 5.78 Å². The molecule has 3 fully saturated rings. The minimum atomic E-state index is -0.917. The molecule has 9 atom stereocenters. The van der Waals surface area contributed by atoms with Gasteiger partial charge in [0, 0.05) is 18.3 Å². The molecule has 0 aromatic heterocycles. The first-order valence-corrected chi connectivity index (χ1v) is 13.8. The van der Waals surface area contributed by atoms with Crippen molar-refractivity contribution in [3.8, 4) is 0 Å². The molecule has 0 spiro atoms. The minimum absolute atomic E-state index is 0.00108. The van der Waals surface area contributed by atoms with E-state index in [9.17, 15) is 19.2 Å². The summed E-state index contributed by atoms with van der Waals surface area (Å²) >= 11 is 0. The van der Waals surface area contributed by atoms with Gasteiger partial charge < -0.3 is 9.47 Å². The Balaban J connectivity index is 1.65. The Kier molecular flexibility index (Phi) is 7.07. The standard InChI is InChI=1S/C30H44O6/c1-8-20-25(32)24-22-10-9-21(17(2)15-19(26(33)35-6)27(34)36-7)28(22,3)13-12-23(24)29(4)14-11-18(31)16-30(20,29)5/h11,14,17,19-24H,8-10,12-13,15-16H2,1-7H3/t17-,20+,21?,22?,23?,24?,28-,29-,30+/m1/s1. The lowest BCUT2D eigenvalue weighted by Gasteiger charge is -2.64. The van der Waals surface area contributed by atoms with Crippen LogP contribution in [0.15, 0.2) is 12.2 Å². The fraction of sp³-hybridized carbons (Fsp3) is 0.800. The second kappa shape index (κ2) is 9.40. The van der Waals surface area contributed by atoms with Gasteiger partial charge >= 0.3 is 11.9 Å². The van der Waals surface area contributed by atoms with Crippen LogP contribution in [-0.4, -0.2) is 37.7 Å². The van der Waals surface area contributed by atoms with Crippen LogP contribution >= 0.6 is 0 Å². The van der Waals surface area contributed by atoms with Gasteiger partial charge in [-0.2, -0.15) is 0 Å². The maximum Gasteiger partial charge on any atom is 0.320 e. The highest BCUT2D eigenvalue weighted by Gasteiger charge is 2.68. The van der Waals surface area contributed by atoms with E-state index in [0.717, 1.165) is 32.1 Å². The molecule has 0 amide bonds. The van der Waals surface area contributed by atoms with Gasteiger partial charge in [0.25, 0.3) is 0 Å². The molecule has 0 aromatic carbocycles. The van der Waals surface area contributed by atoms with Crippen LogP contribution in [0.1, 0.15) is 79.6 Å². The van der Waals surface area contributed by atoms with Crippen molar-refractivity contribution in [3.63, 3.8) is 0 Å². The Bertz CT molecular complexity index is 952. The molecular formula is C30H44O6. The second-order valence-corrected chi connectivity index (χ2v) is 12.8. The molecule has 0 saturated heterocycles. The minimum Gasteiger partial charge on any atom is -0.468 e. The summed E-state index contributed by atoms with van der Waals surface area (Å²) in [5, 5.41) is 0. The highest BCUT2D eigenvalue weighted by atomic mass is 16.5. The van der Waals surface area contributed by atoms with Crippen LogP contribution in [0.5, 0.6) is 0 Å². The van der Waals surface area contributed by atoms with Crippen molar-refractivity contribution in [1.29, 1.82) is 0 Å². The number of ketones is 2. The highest BCUT2D eigenvalue weighted by Crippen LogP contribution is 2.70. The third kappa shape index (κ3) is 3.72. The second-order valence-electron chi connectivity index (χ2n) is 12.8. The molecule has 200 valence electrons. The van der Waals surface area contributed by atoms with Crippen molar-refractivity contribution in [2.24, 2.45) is 57.7 Å². The summed E-state index contributed by atoms with van der Waals surface area (Å²) in [7, 11) is 2.61. The van der Waals surface area contributed by atoms with Gasteiger partial charge in [0.05, 0.1) is 14.2 Å². The van der Waals surface area contributed by atoms with E-state index in [1.54, 1.807) is 6.08 Å². The average molecular weight is 501 g/mol. The molecule has 3 saturated carbocycles. The molecule has 6 nitrogen and oxygen atoms in total. The predicted molar refractivity (Wildman–Crippen MR) is 136 cm³/mol. The van der Waals surface area contributed by atoms with E-state index >= 15 is 0 Å². The smallest absolute Gasteiger partial charge is 0.320 e. The SMILES string of the molecule is CC[C@H]1C(=O)C2C3CCC([C@H](C)CC(C(=O)OC)C(=O)OC)[C@@]3(C)CCC2[C@@]2(C)C=CC(=O)C[C@@]12C. The van der Waals surface area contributed by atoms with Crippen LogP contribution in [0, 0.1) is 57.7 Å². The summed E-state index contributed by atoms with van der Waals surface area (Å²) in [5.41, 5.74) is -0.533. The van der Waals surface area contributed by atoms with E-state index in [4.69, 9.17) is 9.47 Å². The number of rotatable bonds is 6. The van der Waals surface area contributed by atoms with E-state index in [0.29, 0.717) is 24.5 Å². The fourth-order valence-electron chi connectivity index (χ4n) is 9.61. The fourth-order valence-corrected chi connectivity index (χ4v) is 9.61. The lowest BCUT2D eigenvalue weighted by Crippen LogP contribution is -2.63. The van der Waals surface area contributed by atoms with Gasteiger partial charge in [0.2, 0.25) is 0 Å². The number of hydrogen-bond acceptors (Lipinski definition) is 6. The van der Waals surface area contributed by atoms with Gasteiger partial charge in [-0.1, -0.05) is 40.7 Å². The van der Waals surface area contributed by atoms with Crippen molar-refractivity contribution in [3.05, 3.63) is 12.2 Å². The molecule has 0 N–H and O–H groups in total. The van der Waals surface area contributed by atoms with Crippen LogP contribution in [0.3, 0.4) is 0 Å². The quantitative estimate of drug-likeness (QED) is 0.369. The van der Waals surface area contributed by atoms with E-state index in [1.165, 1.54) is 14.2 Å². The Hall–Kier alpha value is -1.98. The van der Waals surface area contributed by atoms with Gasteiger partial charge in [-0.15, -0.1) is 0 Å². The molecule has 6 heteroatoms. The molecule has 4 aliphatic rings. The maximum atomic E-state index is 14.2. The molecule has 0 radical (unpaired) electrons. The molecule has 0 aromatic rings. The first-order chi connectivity index (χ1) is 16.9. The van der Waals surface area contributed by atoms with Gasteiger partial charge in [-0.25, -0.2) is 0 Å². The summed E-state index contributed by atoms with van der Waals surface area (Å²) in [4.78, 5) is 51.4. The molecule has 0 heterocycles. The lowest BCUT2D eigenvalue weighted by molar-refractivity contribution is -0.174. The van der Waals surface area contributed by atoms with Crippen LogP contribution < -0.4 is 0 Å². The zero-order valence-electron chi connectivity index (χ0n) is 23.1. The summed E-state index contributed by atoms with van der Waals surface area (Å²) in [6.07, 6.45) is 9.51. The third-order valence-electron chi connectivity index (χ3n) is 11.6. The molecule has 4 aliphatic carbocycles. The van der Waals surface area contributed by atoms with Crippen molar-refractivity contribution >= 4 is 23.5 Å². The largest absolute Gasteiger partial charge is 0.468 e. The number of carbonyl (C=O) groups is 4. The van der Waals surface area contributed by atoms with Crippen LogP contribution in [0.4, 0.5) is 0 Å². The number of esters is 2. The zero-order valence-corrected chi connectivity index (χ0v) is 23.1. The van der Waals surface area contributed by atoms with Crippen molar-refractivity contribution in [2.75, 3.05) is 14.2 Å². The normalized spacial score (nSPS) is 42.4. The third-order valence-corrected chi connectivity index (χ3v) is 11.6. The first-order valence-electron chi connectivity index (χ1n) is 13.8. The summed E-state index contributed by atoms with van der Waals surface area (Å²) in [6.45, 7) is 11.1. The van der Waals surface area contributed by atoms with Gasteiger partial charge in [0.15, 0.2) is 11.7 Å². The number of ether oxygens (including phenoxy) is 2. The van der Waals surface area contributed by atoms with E-state index in [1.807, 2.05) is 0 Å². The van der Waals surface area contributed by atoms with Crippen LogP contribution in [0.25, 0.3) is 0 Å². The van der Waals surface area contributed by atoms with Crippen LogP contribution in [0.2, 0.25) is 0 Å². The molecular weight excluding hydrogens is 456 g/mol. The Morgan fingerprint density at radius 2 is 1.67 bits per heavy atom. The zero-order chi connectivity index (χ0) is 26.6. The van der Waals surface area contributed by atoms with Gasteiger partial charge in [-0.3, -0.25) is 19.2 Å². The number of Topliss-reactive ketones (excluding diaryl/α,β-unsaturated/α-hetero) is 1. The molecule has 4 unspecified atom stereocenters. The molecule has 36 heavy (non-hydrogen) atoms. The summed E-state index contributed by atoms with van der Waals surface area (Å²) in [6, 6.07) is 0. The van der Waals surface area contributed by atoms with E-state index in [-0.39, 0.29) is 51.6 Å². The Morgan fingerprint density at radius 1 is 1.03 bits per heavy atom. The number of carbonyl (C=O) groups excluding carboxylic acids is 4. The van der Waals surface area contributed by atoms with Crippen molar-refractivity contribution in [2.45, 2.75) is 79.6 Å². The van der Waals surface area contributed by atoms with Crippen molar-refractivity contribution < 1.29 is 28.7 Å². The average Bonchev–Trinajstić information content (AvgIpc) is 3.20. The number of fused-ring (bicyclic) bond motifs is 5. The Morgan fingerprint density at radius 3 is 2.25 bits per heavy atom. The summed E-state index contributed by atoms with van der Waals surface area (Å²) in [5.74, 6) is -0.645. The molecule has 0 aliphatic heterocycles. The maximum absolute atomic E-state index is 14.2. The van der Waals surface area contributed by atoms with E-state index in [2.05, 4.69) is 40.7 Å². The monoisotopic (exact) mass is 500 g/mol. The topological polar surface area (TPSA) is 86.7 Å². The highest BCUT2D eigenvalue weighted by molar-refractivity contribution is 5.95. The first kappa shape index (κ1) is 27.1. The number of allylic oxidation sites excluding steroid dienone is 2. The number of hydrogen-bond donors (Lipinski definition) is 0. The van der Waals surface area contributed by atoms with E-state index < -0.39 is 17.9 Å². The molecule has 4 rings (SSSR count). The molecule has 0 bridgehead atoms. The van der Waals surface area contributed by atoms with Crippen molar-refractivity contribution in [1.82, 2.24) is 0 Å². The Labute approximate surface area is 215 Å². The predicted octanol–water partition coefficient (Wildman–Crippen LogP) is 5.18.